The van der Waals surface area contributed by atoms with Crippen LogP contribution >= 0.6 is 0 Å². The highest BCUT2D eigenvalue weighted by atomic mass is 16.3. The lowest BCUT2D eigenvalue weighted by atomic mass is 9.82. The number of hydrogen-bond acceptors (Lipinski definition) is 7. The molecule has 8 nitrogen and oxygen atoms in total. The zero-order chi connectivity index (χ0) is 19.5. The molecule has 5 heterocycles. The van der Waals surface area contributed by atoms with Crippen molar-refractivity contribution in [1.82, 2.24) is 14.7 Å². The molecule has 3 aliphatic heterocycles. The molecular weight excluding hydrogens is 362 g/mol. The molecule has 1 spiro atoms. The van der Waals surface area contributed by atoms with Crippen molar-refractivity contribution >= 4 is 11.8 Å². The van der Waals surface area contributed by atoms with E-state index in [0.717, 1.165) is 11.3 Å². The minimum absolute atomic E-state index is 0.134. The number of likely N-dealkylation sites (tertiary alicyclic amines) is 1. The van der Waals surface area contributed by atoms with E-state index in [1.807, 2.05) is 24.0 Å². The Hall–Kier alpha value is -2.42. The first kappa shape index (κ1) is 17.7. The fraction of sp³-hybridized carbons (Fsp3) is 0.500. The van der Waals surface area contributed by atoms with Gasteiger partial charge < -0.3 is 13.9 Å². The van der Waals surface area contributed by atoms with Gasteiger partial charge in [-0.25, -0.2) is 0 Å². The van der Waals surface area contributed by atoms with Crippen LogP contribution in [0.25, 0.3) is 0 Å². The Balaban J connectivity index is 1.40. The zero-order valence-electron chi connectivity index (χ0n) is 15.7. The molecular formula is C20H23N3O5. The predicted octanol–water partition coefficient (Wildman–Crippen LogP) is 0.740. The highest BCUT2D eigenvalue weighted by Gasteiger charge is 2.64. The number of rotatable bonds is 4. The lowest BCUT2D eigenvalue weighted by molar-refractivity contribution is -0.181. The van der Waals surface area contributed by atoms with Crippen LogP contribution in [0.2, 0.25) is 0 Å². The smallest absolute Gasteiger partial charge is 0.252 e. The van der Waals surface area contributed by atoms with Crippen molar-refractivity contribution in [2.75, 3.05) is 19.6 Å². The van der Waals surface area contributed by atoms with Gasteiger partial charge >= 0.3 is 0 Å². The fourth-order valence-electron chi connectivity index (χ4n) is 4.81. The maximum Gasteiger partial charge on any atom is 0.252 e. The first-order chi connectivity index (χ1) is 13.5. The quantitative estimate of drug-likeness (QED) is 0.777. The van der Waals surface area contributed by atoms with Crippen LogP contribution < -0.4 is 0 Å². The molecule has 8 heteroatoms. The Morgan fingerprint density at radius 2 is 2.04 bits per heavy atom. The minimum atomic E-state index is -0.762. The second kappa shape index (κ2) is 6.30. The van der Waals surface area contributed by atoms with Crippen molar-refractivity contribution in [3.05, 3.63) is 47.8 Å². The molecule has 0 radical (unpaired) electrons. The molecule has 28 heavy (non-hydrogen) atoms. The van der Waals surface area contributed by atoms with E-state index >= 15 is 0 Å². The normalized spacial score (nSPS) is 27.4. The summed E-state index contributed by atoms with van der Waals surface area (Å²) in [4.78, 5) is 31.9. The number of piperazine rings is 1. The van der Waals surface area contributed by atoms with E-state index in [1.54, 1.807) is 18.6 Å². The summed E-state index contributed by atoms with van der Waals surface area (Å²) in [6.07, 6.45) is 3.11. The summed E-state index contributed by atoms with van der Waals surface area (Å²) in [5, 5.41) is 10.2. The lowest BCUT2D eigenvalue weighted by Crippen LogP contribution is -2.81. The zero-order valence-corrected chi connectivity index (χ0v) is 15.7. The number of aliphatic hydroxyl groups excluding tert-OH is 1. The van der Waals surface area contributed by atoms with E-state index in [2.05, 4.69) is 4.90 Å². The van der Waals surface area contributed by atoms with Gasteiger partial charge in [-0.2, -0.15) is 0 Å². The van der Waals surface area contributed by atoms with E-state index in [0.29, 0.717) is 38.4 Å². The fourth-order valence-corrected chi connectivity index (χ4v) is 4.81. The largest absolute Gasteiger partial charge is 0.472 e. The Morgan fingerprint density at radius 3 is 2.71 bits per heavy atom. The number of carbonyl (C=O) groups is 2. The average Bonchev–Trinajstić information content (AvgIpc) is 3.35. The number of carbonyl (C=O) groups excluding carboxylic acids is 2. The molecule has 0 aromatic carbocycles. The summed E-state index contributed by atoms with van der Waals surface area (Å²) in [6, 6.07) is 5.07. The summed E-state index contributed by atoms with van der Waals surface area (Å²) in [5.74, 6) is 0.903. The Bertz CT molecular complexity index is 899. The van der Waals surface area contributed by atoms with E-state index in [1.165, 1.54) is 4.90 Å². The molecule has 3 aliphatic rings. The van der Waals surface area contributed by atoms with Crippen LogP contribution in [0.1, 0.15) is 23.5 Å². The van der Waals surface area contributed by atoms with E-state index in [-0.39, 0.29) is 18.4 Å². The van der Waals surface area contributed by atoms with Gasteiger partial charge in [0.2, 0.25) is 5.91 Å². The number of β-amino-alcohol motifs (C(OH)–C–C–N with tert-alkyl or cyclic N) is 1. The number of fused-ring (bicyclic) bond motifs is 2. The molecule has 3 fully saturated rings. The summed E-state index contributed by atoms with van der Waals surface area (Å²) < 4.78 is 10.7. The molecule has 0 aliphatic carbocycles. The molecule has 2 aromatic heterocycles. The summed E-state index contributed by atoms with van der Waals surface area (Å²) in [5.41, 5.74) is 0.289. The number of aryl methyl sites for hydroxylation is 1. The van der Waals surface area contributed by atoms with Crippen LogP contribution in [0.5, 0.6) is 0 Å². The van der Waals surface area contributed by atoms with Crippen LogP contribution in [-0.2, 0) is 22.7 Å². The maximum atomic E-state index is 13.4. The highest BCUT2D eigenvalue weighted by Crippen LogP contribution is 2.41. The van der Waals surface area contributed by atoms with Crippen LogP contribution in [0.15, 0.2) is 39.6 Å². The van der Waals surface area contributed by atoms with Gasteiger partial charge in [0.05, 0.1) is 31.2 Å². The number of amides is 2. The summed E-state index contributed by atoms with van der Waals surface area (Å²) in [7, 11) is 0. The van der Waals surface area contributed by atoms with Gasteiger partial charge in [0.25, 0.3) is 5.91 Å². The standard InChI is InChI=1S/C20H23N3O5/c1-13-2-3-16(28-13)9-22-18(25)17-6-15(24)8-23(17)20(19(22)26)11-21(12-20)7-14-4-5-27-10-14/h2-5,10,15,17,24H,6-9,11-12H2,1H3/t15-,17+/m1/s1. The topological polar surface area (TPSA) is 90.4 Å². The number of aliphatic hydroxyl groups is 1. The van der Waals surface area contributed by atoms with Crippen molar-refractivity contribution in [2.45, 2.75) is 44.1 Å². The van der Waals surface area contributed by atoms with Crippen LogP contribution in [-0.4, -0.2) is 68.9 Å². The molecule has 0 unspecified atom stereocenters. The Kier molecular flexibility index (Phi) is 3.97. The number of nitrogens with zero attached hydrogens (tertiary/aromatic N) is 3. The van der Waals surface area contributed by atoms with Gasteiger partial charge in [-0.05, 0) is 31.5 Å². The second-order valence-corrected chi connectivity index (χ2v) is 8.11. The number of imide groups is 1. The molecule has 1 N–H and O–H groups in total. The van der Waals surface area contributed by atoms with Gasteiger partial charge in [0.15, 0.2) is 0 Å². The third kappa shape index (κ3) is 2.63. The summed E-state index contributed by atoms with van der Waals surface area (Å²) in [6.45, 7) is 4.07. The molecule has 0 bridgehead atoms. The Labute approximate surface area is 162 Å². The molecule has 5 rings (SSSR count). The third-order valence-electron chi connectivity index (χ3n) is 6.09. The highest BCUT2D eigenvalue weighted by molar-refractivity contribution is 6.06. The lowest BCUT2D eigenvalue weighted by Gasteiger charge is -2.58. The van der Waals surface area contributed by atoms with Crippen LogP contribution in [0.3, 0.4) is 0 Å². The first-order valence-electron chi connectivity index (χ1n) is 9.56. The van der Waals surface area contributed by atoms with Crippen molar-refractivity contribution in [3.63, 3.8) is 0 Å². The minimum Gasteiger partial charge on any atom is -0.472 e. The van der Waals surface area contributed by atoms with Gasteiger partial charge in [-0.1, -0.05) is 0 Å². The predicted molar refractivity (Wildman–Crippen MR) is 96.8 cm³/mol. The van der Waals surface area contributed by atoms with Gasteiger partial charge in [-0.3, -0.25) is 24.3 Å². The second-order valence-electron chi connectivity index (χ2n) is 8.11. The van der Waals surface area contributed by atoms with Gasteiger partial charge in [0, 0.05) is 31.7 Å². The van der Waals surface area contributed by atoms with Gasteiger partial charge in [-0.15, -0.1) is 0 Å². The third-order valence-corrected chi connectivity index (χ3v) is 6.09. The van der Waals surface area contributed by atoms with E-state index in [9.17, 15) is 14.7 Å². The van der Waals surface area contributed by atoms with Crippen molar-refractivity contribution in [3.8, 4) is 0 Å². The number of hydrogen-bond donors (Lipinski definition) is 1. The van der Waals surface area contributed by atoms with Crippen LogP contribution in [0.4, 0.5) is 0 Å². The maximum absolute atomic E-state index is 13.4. The monoisotopic (exact) mass is 385 g/mol. The Morgan fingerprint density at radius 1 is 1.21 bits per heavy atom. The van der Waals surface area contributed by atoms with Gasteiger partial charge in [0.1, 0.15) is 17.1 Å². The van der Waals surface area contributed by atoms with Crippen molar-refractivity contribution < 1.29 is 23.5 Å². The molecule has 2 aromatic rings. The molecule has 2 amide bonds. The first-order valence-corrected chi connectivity index (χ1v) is 9.56. The molecule has 2 atom stereocenters. The van der Waals surface area contributed by atoms with Crippen LogP contribution in [0, 0.1) is 6.92 Å². The molecule has 148 valence electrons. The van der Waals surface area contributed by atoms with Crippen molar-refractivity contribution in [1.29, 1.82) is 0 Å². The SMILES string of the molecule is Cc1ccc(CN2C(=O)[C@@H]3C[C@@H](O)CN3C3(CN(Cc4ccoc4)C3)C2=O)o1. The molecule has 3 saturated heterocycles. The van der Waals surface area contributed by atoms with Crippen molar-refractivity contribution in [2.24, 2.45) is 0 Å². The van der Waals surface area contributed by atoms with E-state index < -0.39 is 17.7 Å². The summed E-state index contributed by atoms with van der Waals surface area (Å²) >= 11 is 0. The number of furan rings is 2. The molecule has 0 saturated carbocycles. The van der Waals surface area contributed by atoms with E-state index in [4.69, 9.17) is 8.83 Å². The average molecular weight is 385 g/mol.